The summed E-state index contributed by atoms with van der Waals surface area (Å²) in [5.41, 5.74) is 0.890. The molecule has 0 fully saturated rings. The predicted molar refractivity (Wildman–Crippen MR) is 65.1 cm³/mol. The van der Waals surface area contributed by atoms with E-state index in [1.54, 1.807) is 0 Å². The van der Waals surface area contributed by atoms with Gasteiger partial charge in [0.05, 0.1) is 6.04 Å². The number of halogens is 3. The van der Waals surface area contributed by atoms with Crippen LogP contribution in [0.15, 0.2) is 10.5 Å². The standard InChI is InChI=1S/C11H12F3N3OS/c1-5-4-8(7(3)18-5)6(2)15-10-17-16-9(19-10)11(12,13)14/h4,6H,1-3H3,(H,15,17). The summed E-state index contributed by atoms with van der Waals surface area (Å²) in [4.78, 5) is 0. The van der Waals surface area contributed by atoms with Crippen molar-refractivity contribution in [1.82, 2.24) is 10.2 Å². The van der Waals surface area contributed by atoms with Crippen LogP contribution >= 0.6 is 11.3 Å². The Hall–Kier alpha value is -1.57. The van der Waals surface area contributed by atoms with Crippen LogP contribution in [0.4, 0.5) is 18.3 Å². The van der Waals surface area contributed by atoms with E-state index in [-0.39, 0.29) is 11.2 Å². The lowest BCUT2D eigenvalue weighted by Gasteiger charge is -2.11. The molecule has 0 spiro atoms. The second-order valence-corrected chi connectivity index (χ2v) is 5.12. The predicted octanol–water partition coefficient (Wildman–Crippen LogP) is 3.94. The van der Waals surface area contributed by atoms with Gasteiger partial charge in [0.1, 0.15) is 11.5 Å². The second kappa shape index (κ2) is 4.84. The van der Waals surface area contributed by atoms with Crippen molar-refractivity contribution in [3.8, 4) is 0 Å². The van der Waals surface area contributed by atoms with Gasteiger partial charge in [0.2, 0.25) is 10.1 Å². The Balaban J connectivity index is 2.13. The van der Waals surface area contributed by atoms with Gasteiger partial charge in [-0.1, -0.05) is 11.3 Å². The lowest BCUT2D eigenvalue weighted by atomic mass is 10.1. The Morgan fingerprint density at radius 3 is 2.47 bits per heavy atom. The van der Waals surface area contributed by atoms with Crippen molar-refractivity contribution in [1.29, 1.82) is 0 Å². The van der Waals surface area contributed by atoms with Gasteiger partial charge in [0, 0.05) is 5.56 Å². The summed E-state index contributed by atoms with van der Waals surface area (Å²) in [7, 11) is 0. The zero-order valence-corrected chi connectivity index (χ0v) is 11.3. The van der Waals surface area contributed by atoms with Crippen molar-refractivity contribution in [2.45, 2.75) is 33.0 Å². The highest BCUT2D eigenvalue weighted by Crippen LogP contribution is 2.34. The van der Waals surface area contributed by atoms with E-state index in [9.17, 15) is 13.2 Å². The number of aryl methyl sites for hydroxylation is 2. The molecule has 8 heteroatoms. The highest BCUT2D eigenvalue weighted by Gasteiger charge is 2.35. The smallest absolute Gasteiger partial charge is 0.445 e. The molecule has 104 valence electrons. The Bertz CT molecular complexity index is 576. The summed E-state index contributed by atoms with van der Waals surface area (Å²) in [6, 6.07) is 1.64. The molecular formula is C11H12F3N3OS. The number of hydrogen-bond acceptors (Lipinski definition) is 5. The SMILES string of the molecule is Cc1cc(C(C)Nc2nnc(C(F)(F)F)s2)c(C)o1. The van der Waals surface area contributed by atoms with E-state index in [1.807, 2.05) is 26.8 Å². The van der Waals surface area contributed by atoms with Crippen LogP contribution in [0.25, 0.3) is 0 Å². The van der Waals surface area contributed by atoms with E-state index in [1.165, 1.54) is 0 Å². The van der Waals surface area contributed by atoms with Crippen LogP contribution in [0.5, 0.6) is 0 Å². The molecule has 0 aliphatic carbocycles. The number of alkyl halides is 3. The molecule has 1 unspecified atom stereocenters. The number of hydrogen-bond donors (Lipinski definition) is 1. The zero-order valence-electron chi connectivity index (χ0n) is 10.5. The monoisotopic (exact) mass is 291 g/mol. The second-order valence-electron chi connectivity index (χ2n) is 4.14. The van der Waals surface area contributed by atoms with E-state index < -0.39 is 11.2 Å². The lowest BCUT2D eigenvalue weighted by Crippen LogP contribution is -2.06. The molecule has 2 heterocycles. The van der Waals surface area contributed by atoms with E-state index in [2.05, 4.69) is 15.5 Å². The average molecular weight is 291 g/mol. The first-order valence-corrected chi connectivity index (χ1v) is 6.33. The van der Waals surface area contributed by atoms with Crippen LogP contribution in [-0.4, -0.2) is 10.2 Å². The van der Waals surface area contributed by atoms with Crippen LogP contribution < -0.4 is 5.32 Å². The molecule has 0 saturated heterocycles. The third-order valence-electron chi connectivity index (χ3n) is 2.55. The number of anilines is 1. The summed E-state index contributed by atoms with van der Waals surface area (Å²) in [5.74, 6) is 1.49. The molecule has 0 aliphatic heterocycles. The molecule has 1 N–H and O–H groups in total. The zero-order chi connectivity index (χ0) is 14.2. The topological polar surface area (TPSA) is 51.0 Å². The fourth-order valence-corrected chi connectivity index (χ4v) is 2.44. The van der Waals surface area contributed by atoms with Crippen molar-refractivity contribution in [2.24, 2.45) is 0 Å². The average Bonchev–Trinajstić information content (AvgIpc) is 2.84. The van der Waals surface area contributed by atoms with Crippen LogP contribution in [0.2, 0.25) is 0 Å². The summed E-state index contributed by atoms with van der Waals surface area (Å²) in [6.07, 6.45) is -4.46. The summed E-state index contributed by atoms with van der Waals surface area (Å²) >= 11 is 0.487. The largest absolute Gasteiger partial charge is 0.466 e. The molecule has 0 amide bonds. The van der Waals surface area contributed by atoms with Crippen LogP contribution in [-0.2, 0) is 6.18 Å². The number of nitrogens with one attached hydrogen (secondary N) is 1. The Morgan fingerprint density at radius 1 is 1.32 bits per heavy atom. The number of rotatable bonds is 3. The third kappa shape index (κ3) is 3.06. The Morgan fingerprint density at radius 2 is 2.00 bits per heavy atom. The fraction of sp³-hybridized carbons (Fsp3) is 0.455. The van der Waals surface area contributed by atoms with Gasteiger partial charge in [-0.25, -0.2) is 0 Å². The molecule has 0 aliphatic rings. The van der Waals surface area contributed by atoms with Gasteiger partial charge in [-0.3, -0.25) is 0 Å². The van der Waals surface area contributed by atoms with E-state index in [4.69, 9.17) is 4.42 Å². The van der Waals surface area contributed by atoms with Gasteiger partial charge in [-0.2, -0.15) is 13.2 Å². The molecule has 4 nitrogen and oxygen atoms in total. The first kappa shape index (κ1) is 13.9. The fourth-order valence-electron chi connectivity index (χ4n) is 1.74. The molecule has 0 saturated carbocycles. The van der Waals surface area contributed by atoms with Crippen LogP contribution in [0, 0.1) is 13.8 Å². The van der Waals surface area contributed by atoms with Gasteiger partial charge in [0.25, 0.3) is 0 Å². The minimum Gasteiger partial charge on any atom is -0.466 e. The van der Waals surface area contributed by atoms with Crippen molar-refractivity contribution in [3.05, 3.63) is 28.2 Å². The minimum atomic E-state index is -4.46. The van der Waals surface area contributed by atoms with Gasteiger partial charge in [0.15, 0.2) is 0 Å². The normalized spacial score (nSPS) is 13.6. The molecule has 0 aromatic carbocycles. The van der Waals surface area contributed by atoms with Gasteiger partial charge in [-0.15, -0.1) is 10.2 Å². The lowest BCUT2D eigenvalue weighted by molar-refractivity contribution is -0.138. The van der Waals surface area contributed by atoms with E-state index in [0.717, 1.165) is 17.1 Å². The quantitative estimate of drug-likeness (QED) is 0.930. The van der Waals surface area contributed by atoms with Crippen molar-refractivity contribution >= 4 is 16.5 Å². The summed E-state index contributed by atoms with van der Waals surface area (Å²) < 4.78 is 42.6. The van der Waals surface area contributed by atoms with Gasteiger partial charge < -0.3 is 9.73 Å². The highest BCUT2D eigenvalue weighted by molar-refractivity contribution is 7.15. The van der Waals surface area contributed by atoms with Crippen molar-refractivity contribution in [2.75, 3.05) is 5.32 Å². The van der Waals surface area contributed by atoms with Crippen LogP contribution in [0.3, 0.4) is 0 Å². The highest BCUT2D eigenvalue weighted by atomic mass is 32.1. The number of furan rings is 1. The first-order valence-electron chi connectivity index (χ1n) is 5.51. The number of aromatic nitrogens is 2. The number of nitrogens with zero attached hydrogens (tertiary/aromatic N) is 2. The minimum absolute atomic E-state index is 0.137. The first-order chi connectivity index (χ1) is 8.77. The van der Waals surface area contributed by atoms with E-state index in [0.29, 0.717) is 11.3 Å². The maximum absolute atomic E-state index is 12.4. The third-order valence-corrected chi connectivity index (χ3v) is 3.45. The molecule has 1 atom stereocenters. The maximum atomic E-state index is 12.4. The van der Waals surface area contributed by atoms with E-state index >= 15 is 0 Å². The summed E-state index contributed by atoms with van der Waals surface area (Å²) in [5, 5.41) is 8.68. The van der Waals surface area contributed by atoms with Crippen LogP contribution in [0.1, 0.15) is 35.1 Å². The molecule has 0 bridgehead atoms. The Kier molecular flexibility index (Phi) is 3.53. The maximum Gasteiger partial charge on any atom is 0.445 e. The van der Waals surface area contributed by atoms with Crippen molar-refractivity contribution in [3.63, 3.8) is 0 Å². The molecule has 0 radical (unpaired) electrons. The molecule has 2 aromatic rings. The Labute approximate surface area is 111 Å². The van der Waals surface area contributed by atoms with Gasteiger partial charge in [-0.05, 0) is 26.8 Å². The molecule has 2 rings (SSSR count). The molecule has 19 heavy (non-hydrogen) atoms. The van der Waals surface area contributed by atoms with Crippen molar-refractivity contribution < 1.29 is 17.6 Å². The van der Waals surface area contributed by atoms with Gasteiger partial charge >= 0.3 is 6.18 Å². The molecular weight excluding hydrogens is 279 g/mol. The molecule has 2 aromatic heterocycles. The summed E-state index contributed by atoms with van der Waals surface area (Å²) in [6.45, 7) is 5.45.